The molecule has 4 heterocycles. The van der Waals surface area contributed by atoms with Crippen LogP contribution in [0.25, 0.3) is 33.4 Å². The van der Waals surface area contributed by atoms with Gasteiger partial charge in [-0.2, -0.15) is 5.10 Å². The van der Waals surface area contributed by atoms with Gasteiger partial charge in [-0.3, -0.25) is 9.89 Å². The van der Waals surface area contributed by atoms with Crippen molar-refractivity contribution in [1.82, 2.24) is 30.0 Å². The standard InChI is InChI=1S/C24H19N7O/c32-24(31-9-10-31)21-11-16-1-2-17(12-20(16)29-21)23-25-8-7-22(30-23)28-19-5-3-15(4-6-19)18-13-26-27-14-18/h1-8,11-14,29H,9-10H2,(H,26,27)(H,25,28,30). The number of hydrogen-bond donors (Lipinski definition) is 3. The Morgan fingerprint density at radius 3 is 2.59 bits per heavy atom. The number of carbonyl (C=O) groups excluding carboxylic acids is 1. The van der Waals surface area contributed by atoms with Gasteiger partial charge in [-0.25, -0.2) is 9.97 Å². The van der Waals surface area contributed by atoms with E-state index in [1.54, 1.807) is 17.3 Å². The van der Waals surface area contributed by atoms with Crippen LogP contribution in [0.5, 0.6) is 0 Å². The average molecular weight is 421 g/mol. The maximum Gasteiger partial charge on any atom is 0.270 e. The first-order valence-corrected chi connectivity index (χ1v) is 10.3. The van der Waals surface area contributed by atoms with Gasteiger partial charge in [0, 0.05) is 53.2 Å². The molecule has 3 N–H and O–H groups in total. The number of benzene rings is 2. The van der Waals surface area contributed by atoms with Crippen LogP contribution in [0, 0.1) is 0 Å². The van der Waals surface area contributed by atoms with Crippen LogP contribution in [0.15, 0.2) is 73.2 Å². The van der Waals surface area contributed by atoms with E-state index in [4.69, 9.17) is 0 Å². The molecule has 1 amide bonds. The summed E-state index contributed by atoms with van der Waals surface area (Å²) in [5, 5.41) is 11.1. The number of hydrogen-bond acceptors (Lipinski definition) is 5. The number of amides is 1. The number of nitrogens with one attached hydrogen (secondary N) is 3. The summed E-state index contributed by atoms with van der Waals surface area (Å²) in [6.45, 7) is 1.66. The Bertz CT molecular complexity index is 1420. The van der Waals surface area contributed by atoms with Crippen LogP contribution in [0.3, 0.4) is 0 Å². The van der Waals surface area contributed by atoms with E-state index in [9.17, 15) is 4.79 Å². The molecule has 6 rings (SSSR count). The van der Waals surface area contributed by atoms with Crippen molar-refractivity contribution in [2.24, 2.45) is 0 Å². The Kier molecular flexibility index (Phi) is 4.21. The molecule has 8 heteroatoms. The Morgan fingerprint density at radius 2 is 1.81 bits per heavy atom. The van der Waals surface area contributed by atoms with Crippen molar-refractivity contribution < 1.29 is 4.79 Å². The highest BCUT2D eigenvalue weighted by Crippen LogP contribution is 2.26. The Labute approximate surface area is 183 Å². The van der Waals surface area contributed by atoms with E-state index in [2.05, 4.69) is 30.5 Å². The quantitative estimate of drug-likeness (QED) is 0.369. The van der Waals surface area contributed by atoms with Crippen LogP contribution in [-0.4, -0.2) is 49.0 Å². The van der Waals surface area contributed by atoms with E-state index in [0.29, 0.717) is 17.3 Å². The third kappa shape index (κ3) is 3.47. The maximum absolute atomic E-state index is 12.3. The van der Waals surface area contributed by atoms with Gasteiger partial charge in [0.25, 0.3) is 5.91 Å². The van der Waals surface area contributed by atoms with E-state index >= 15 is 0 Å². The smallest absolute Gasteiger partial charge is 0.270 e. The highest BCUT2D eigenvalue weighted by atomic mass is 16.2. The van der Waals surface area contributed by atoms with Gasteiger partial charge in [-0.15, -0.1) is 0 Å². The van der Waals surface area contributed by atoms with Crippen LogP contribution in [-0.2, 0) is 0 Å². The number of fused-ring (bicyclic) bond motifs is 1. The van der Waals surface area contributed by atoms with Gasteiger partial charge < -0.3 is 15.2 Å². The molecule has 1 fully saturated rings. The number of anilines is 2. The Hall–Kier alpha value is -4.46. The van der Waals surface area contributed by atoms with E-state index in [1.807, 2.05) is 60.8 Å². The predicted octanol–water partition coefficient (Wildman–Crippen LogP) is 4.21. The molecule has 1 aliphatic rings. The summed E-state index contributed by atoms with van der Waals surface area (Å²) >= 11 is 0. The summed E-state index contributed by atoms with van der Waals surface area (Å²) in [6.07, 6.45) is 5.39. The molecule has 1 aliphatic heterocycles. The topological polar surface area (TPSA) is 102 Å². The summed E-state index contributed by atoms with van der Waals surface area (Å²) in [7, 11) is 0. The van der Waals surface area contributed by atoms with Gasteiger partial charge in [-0.05, 0) is 35.9 Å². The molecule has 0 atom stereocenters. The van der Waals surface area contributed by atoms with Crippen molar-refractivity contribution >= 4 is 28.3 Å². The van der Waals surface area contributed by atoms with Crippen LogP contribution < -0.4 is 5.32 Å². The van der Waals surface area contributed by atoms with E-state index < -0.39 is 0 Å². The molecule has 3 aromatic heterocycles. The van der Waals surface area contributed by atoms with Gasteiger partial charge in [0.2, 0.25) is 0 Å². The van der Waals surface area contributed by atoms with Gasteiger partial charge in [-0.1, -0.05) is 24.3 Å². The first-order valence-electron chi connectivity index (χ1n) is 10.3. The van der Waals surface area contributed by atoms with Crippen molar-refractivity contribution in [2.45, 2.75) is 0 Å². The molecular formula is C24H19N7O. The zero-order valence-corrected chi connectivity index (χ0v) is 17.0. The number of rotatable bonds is 5. The van der Waals surface area contributed by atoms with E-state index in [0.717, 1.165) is 46.4 Å². The molecule has 0 saturated carbocycles. The SMILES string of the molecule is O=C(c1cc2ccc(-c3nccc(Nc4ccc(-c5cn[nH]c5)cc4)n3)cc2[nH]1)N1CC1. The molecule has 8 nitrogen and oxygen atoms in total. The van der Waals surface area contributed by atoms with E-state index in [-0.39, 0.29) is 5.91 Å². The molecule has 2 aromatic carbocycles. The Balaban J connectivity index is 1.24. The first-order chi connectivity index (χ1) is 15.7. The summed E-state index contributed by atoms with van der Waals surface area (Å²) in [5.41, 5.74) is 5.45. The monoisotopic (exact) mass is 421 g/mol. The molecule has 5 aromatic rings. The number of aromatic amines is 2. The summed E-state index contributed by atoms with van der Waals surface area (Å²) in [6, 6.07) is 17.7. The van der Waals surface area contributed by atoms with Crippen molar-refractivity contribution in [3.8, 4) is 22.5 Å². The summed E-state index contributed by atoms with van der Waals surface area (Å²) in [4.78, 5) is 26.4. The minimum atomic E-state index is 0.0454. The van der Waals surface area contributed by atoms with Crippen LogP contribution in [0.2, 0.25) is 0 Å². The second kappa shape index (κ2) is 7.35. The van der Waals surface area contributed by atoms with Crippen LogP contribution >= 0.6 is 0 Å². The van der Waals surface area contributed by atoms with Gasteiger partial charge >= 0.3 is 0 Å². The molecule has 0 aliphatic carbocycles. The highest BCUT2D eigenvalue weighted by molar-refractivity contribution is 5.99. The van der Waals surface area contributed by atoms with Crippen molar-refractivity contribution in [2.75, 3.05) is 18.4 Å². The van der Waals surface area contributed by atoms with Gasteiger partial charge in [0.05, 0.1) is 6.20 Å². The third-order valence-electron chi connectivity index (χ3n) is 5.49. The number of nitrogens with zero attached hydrogens (tertiary/aromatic N) is 4. The molecule has 0 bridgehead atoms. The lowest BCUT2D eigenvalue weighted by Gasteiger charge is -2.08. The molecule has 156 valence electrons. The number of H-pyrrole nitrogens is 2. The van der Waals surface area contributed by atoms with E-state index in [1.165, 1.54) is 0 Å². The minimum Gasteiger partial charge on any atom is -0.351 e. The van der Waals surface area contributed by atoms with Crippen molar-refractivity contribution in [3.63, 3.8) is 0 Å². The first kappa shape index (κ1) is 18.3. The number of carbonyl (C=O) groups is 1. The molecule has 0 spiro atoms. The fourth-order valence-electron chi connectivity index (χ4n) is 3.67. The zero-order chi connectivity index (χ0) is 21.5. The molecule has 1 saturated heterocycles. The second-order valence-electron chi connectivity index (χ2n) is 7.73. The fraction of sp³-hybridized carbons (Fsp3) is 0.0833. The average Bonchev–Trinajstić information content (AvgIpc) is 3.35. The lowest BCUT2D eigenvalue weighted by atomic mass is 10.1. The molecular weight excluding hydrogens is 402 g/mol. The number of aromatic nitrogens is 5. The normalized spacial score (nSPS) is 12.8. The largest absolute Gasteiger partial charge is 0.351 e. The third-order valence-corrected chi connectivity index (χ3v) is 5.49. The zero-order valence-electron chi connectivity index (χ0n) is 17.0. The molecule has 32 heavy (non-hydrogen) atoms. The minimum absolute atomic E-state index is 0.0454. The Morgan fingerprint density at radius 1 is 0.969 bits per heavy atom. The summed E-state index contributed by atoms with van der Waals surface area (Å²) in [5.74, 6) is 1.36. The van der Waals surface area contributed by atoms with Crippen LogP contribution in [0.1, 0.15) is 10.5 Å². The fourth-order valence-corrected chi connectivity index (χ4v) is 3.67. The molecule has 0 radical (unpaired) electrons. The van der Waals surface area contributed by atoms with Gasteiger partial charge in [0.15, 0.2) is 5.82 Å². The lowest BCUT2D eigenvalue weighted by Crippen LogP contribution is -2.10. The van der Waals surface area contributed by atoms with Crippen molar-refractivity contribution in [1.29, 1.82) is 0 Å². The van der Waals surface area contributed by atoms with Crippen LogP contribution in [0.4, 0.5) is 11.5 Å². The second-order valence-corrected chi connectivity index (χ2v) is 7.73. The predicted molar refractivity (Wildman–Crippen MR) is 123 cm³/mol. The van der Waals surface area contributed by atoms with Gasteiger partial charge in [0.1, 0.15) is 11.5 Å². The highest BCUT2D eigenvalue weighted by Gasteiger charge is 2.26. The molecule has 0 unspecified atom stereocenters. The van der Waals surface area contributed by atoms with Crippen molar-refractivity contribution in [3.05, 3.63) is 78.9 Å². The maximum atomic E-state index is 12.3. The lowest BCUT2D eigenvalue weighted by molar-refractivity contribution is 0.0881. The summed E-state index contributed by atoms with van der Waals surface area (Å²) < 4.78 is 0.